The number of alkyl halides is 3. The van der Waals surface area contributed by atoms with Crippen LogP contribution in [0.2, 0.25) is 0 Å². The molecular formula is C24H23F3N4O3. The van der Waals surface area contributed by atoms with Crippen LogP contribution in [-0.4, -0.2) is 43.6 Å². The van der Waals surface area contributed by atoms with Crippen LogP contribution in [0.4, 0.5) is 13.2 Å². The first-order valence-electron chi connectivity index (χ1n) is 11.1. The smallest absolute Gasteiger partial charge is 0.419 e. The second-order valence-corrected chi connectivity index (χ2v) is 8.63. The van der Waals surface area contributed by atoms with E-state index in [-0.39, 0.29) is 35.5 Å². The molecule has 0 spiro atoms. The summed E-state index contributed by atoms with van der Waals surface area (Å²) in [6.07, 6.45) is 0.109. The Hall–Kier alpha value is -3.56. The van der Waals surface area contributed by atoms with Gasteiger partial charge in [0.1, 0.15) is 23.2 Å². The van der Waals surface area contributed by atoms with Gasteiger partial charge in [-0.1, -0.05) is 12.1 Å². The Kier molecular flexibility index (Phi) is 5.45. The fourth-order valence-corrected chi connectivity index (χ4v) is 4.86. The number of benzene rings is 1. The van der Waals surface area contributed by atoms with Crippen molar-refractivity contribution in [3.63, 3.8) is 0 Å². The quantitative estimate of drug-likeness (QED) is 0.579. The third-order valence-electron chi connectivity index (χ3n) is 6.48. The summed E-state index contributed by atoms with van der Waals surface area (Å²) in [5.41, 5.74) is 0.310. The summed E-state index contributed by atoms with van der Waals surface area (Å²) in [6.45, 7) is 2.40. The number of halogens is 3. The predicted octanol–water partition coefficient (Wildman–Crippen LogP) is 3.82. The molecule has 0 unspecified atom stereocenters. The SMILES string of the molecule is Cc1cn(-c2ccc3n(c2=O)CCN([C@@H]2CCC[C@H]2Oc2ccccc2C(F)(F)F)C3=O)cn1. The summed E-state index contributed by atoms with van der Waals surface area (Å²) in [6, 6.07) is 7.97. The molecule has 0 radical (unpaired) electrons. The Morgan fingerprint density at radius 3 is 2.59 bits per heavy atom. The highest BCUT2D eigenvalue weighted by atomic mass is 19.4. The van der Waals surface area contributed by atoms with Crippen LogP contribution in [0.15, 0.2) is 53.7 Å². The van der Waals surface area contributed by atoms with E-state index in [9.17, 15) is 22.8 Å². The Bertz CT molecular complexity index is 1300. The Labute approximate surface area is 193 Å². The molecule has 0 N–H and O–H groups in total. The monoisotopic (exact) mass is 472 g/mol. The highest BCUT2D eigenvalue weighted by Gasteiger charge is 2.41. The van der Waals surface area contributed by atoms with E-state index < -0.39 is 17.8 Å². The summed E-state index contributed by atoms with van der Waals surface area (Å²) >= 11 is 0. The zero-order valence-electron chi connectivity index (χ0n) is 18.5. The van der Waals surface area contributed by atoms with Gasteiger partial charge in [-0.05, 0) is 50.5 Å². The third-order valence-corrected chi connectivity index (χ3v) is 6.48. The first-order valence-corrected chi connectivity index (χ1v) is 11.1. The number of hydrogen-bond donors (Lipinski definition) is 0. The molecule has 0 saturated heterocycles. The fraction of sp³-hybridized carbons (Fsp3) is 0.375. The van der Waals surface area contributed by atoms with Crippen LogP contribution in [0.25, 0.3) is 5.69 Å². The number of ether oxygens (including phenoxy) is 1. The van der Waals surface area contributed by atoms with Crippen molar-refractivity contribution in [1.29, 1.82) is 0 Å². The molecular weight excluding hydrogens is 449 g/mol. The minimum atomic E-state index is -4.53. The molecule has 0 bridgehead atoms. The first kappa shape index (κ1) is 22.2. The lowest BCUT2D eigenvalue weighted by molar-refractivity contribution is -0.139. The number of carbonyl (C=O) groups excluding carboxylic acids is 1. The second kappa shape index (κ2) is 8.34. The van der Waals surface area contributed by atoms with E-state index in [2.05, 4.69) is 4.98 Å². The van der Waals surface area contributed by atoms with Crippen molar-refractivity contribution in [3.05, 3.63) is 76.2 Å². The van der Waals surface area contributed by atoms with E-state index in [1.807, 2.05) is 6.92 Å². The van der Waals surface area contributed by atoms with Gasteiger partial charge in [0, 0.05) is 19.3 Å². The van der Waals surface area contributed by atoms with Crippen LogP contribution >= 0.6 is 0 Å². The summed E-state index contributed by atoms with van der Waals surface area (Å²) in [7, 11) is 0. The van der Waals surface area contributed by atoms with Gasteiger partial charge in [-0.15, -0.1) is 0 Å². The van der Waals surface area contributed by atoms with E-state index >= 15 is 0 Å². The number of aryl methyl sites for hydroxylation is 1. The third kappa shape index (κ3) is 3.86. The number of para-hydroxylation sites is 1. The standard InChI is InChI=1S/C24H23F3N4O3/c1-15-13-29(14-28-15)18-9-10-19-23(33)30(11-12-31(19)22(18)32)17-6-4-8-21(17)34-20-7-3-2-5-16(20)24(25,26)27/h2-3,5,7,9-10,13-14,17,21H,4,6,8,11-12H2,1H3/t17-,21-/m1/s1. The number of carbonyl (C=O) groups is 1. The van der Waals surface area contributed by atoms with Gasteiger partial charge in [0.15, 0.2) is 0 Å². The van der Waals surface area contributed by atoms with Crippen molar-refractivity contribution < 1.29 is 22.7 Å². The molecule has 1 aliphatic heterocycles. The molecule has 1 saturated carbocycles. The largest absolute Gasteiger partial charge is 0.488 e. The number of amides is 1. The van der Waals surface area contributed by atoms with E-state index in [1.165, 1.54) is 22.8 Å². The number of hydrogen-bond acceptors (Lipinski definition) is 4. The Balaban J connectivity index is 1.40. The van der Waals surface area contributed by atoms with Gasteiger partial charge in [0.2, 0.25) is 0 Å². The number of fused-ring (bicyclic) bond motifs is 1. The van der Waals surface area contributed by atoms with E-state index in [0.29, 0.717) is 25.1 Å². The summed E-state index contributed by atoms with van der Waals surface area (Å²) in [5.74, 6) is -0.547. The normalized spacial score (nSPS) is 20.5. The molecule has 1 amide bonds. The highest BCUT2D eigenvalue weighted by Crippen LogP contribution is 2.38. The maximum Gasteiger partial charge on any atom is 0.419 e. The lowest BCUT2D eigenvalue weighted by Gasteiger charge is -2.37. The summed E-state index contributed by atoms with van der Waals surface area (Å²) in [5, 5.41) is 0. The molecule has 2 aromatic heterocycles. The minimum absolute atomic E-state index is 0.228. The molecule has 3 aromatic rings. The highest BCUT2D eigenvalue weighted by molar-refractivity contribution is 5.93. The lowest BCUT2D eigenvalue weighted by atomic mass is 10.1. The maximum atomic E-state index is 13.4. The van der Waals surface area contributed by atoms with Gasteiger partial charge < -0.3 is 18.8 Å². The van der Waals surface area contributed by atoms with Gasteiger partial charge in [0.05, 0.1) is 23.6 Å². The first-order chi connectivity index (χ1) is 16.2. The molecule has 1 aromatic carbocycles. The number of nitrogens with zero attached hydrogens (tertiary/aromatic N) is 4. The van der Waals surface area contributed by atoms with Crippen LogP contribution < -0.4 is 10.3 Å². The van der Waals surface area contributed by atoms with Crippen molar-refractivity contribution in [2.24, 2.45) is 0 Å². The van der Waals surface area contributed by atoms with E-state index in [0.717, 1.165) is 18.2 Å². The topological polar surface area (TPSA) is 69.4 Å². The number of aromatic nitrogens is 3. The molecule has 34 heavy (non-hydrogen) atoms. The van der Waals surface area contributed by atoms with Crippen LogP contribution in [0, 0.1) is 6.92 Å². The average Bonchev–Trinajstić information content (AvgIpc) is 3.43. The predicted molar refractivity (Wildman–Crippen MR) is 117 cm³/mol. The number of rotatable bonds is 4. The number of pyridine rings is 1. The fourth-order valence-electron chi connectivity index (χ4n) is 4.86. The molecule has 1 fully saturated rings. The minimum Gasteiger partial charge on any atom is -0.488 e. The van der Waals surface area contributed by atoms with Crippen molar-refractivity contribution in [1.82, 2.24) is 19.0 Å². The average molecular weight is 472 g/mol. The van der Waals surface area contributed by atoms with Crippen molar-refractivity contribution >= 4 is 5.91 Å². The Morgan fingerprint density at radius 1 is 1.06 bits per heavy atom. The number of imidazole rings is 1. The van der Waals surface area contributed by atoms with Crippen LogP contribution in [0.5, 0.6) is 5.75 Å². The van der Waals surface area contributed by atoms with Crippen LogP contribution in [-0.2, 0) is 12.7 Å². The summed E-state index contributed by atoms with van der Waals surface area (Å²) in [4.78, 5) is 32.2. The van der Waals surface area contributed by atoms with Gasteiger partial charge in [-0.2, -0.15) is 13.2 Å². The molecule has 1 aliphatic carbocycles. The van der Waals surface area contributed by atoms with Gasteiger partial charge in [-0.25, -0.2) is 4.98 Å². The van der Waals surface area contributed by atoms with Gasteiger partial charge in [0.25, 0.3) is 11.5 Å². The van der Waals surface area contributed by atoms with Crippen LogP contribution in [0.3, 0.4) is 0 Å². The maximum absolute atomic E-state index is 13.4. The molecule has 2 atom stereocenters. The molecule has 10 heteroatoms. The molecule has 3 heterocycles. The molecule has 178 valence electrons. The van der Waals surface area contributed by atoms with Crippen molar-refractivity contribution in [3.8, 4) is 11.4 Å². The van der Waals surface area contributed by atoms with E-state index in [1.54, 1.807) is 34.1 Å². The van der Waals surface area contributed by atoms with Gasteiger partial charge in [-0.3, -0.25) is 9.59 Å². The zero-order valence-corrected chi connectivity index (χ0v) is 18.5. The molecule has 7 nitrogen and oxygen atoms in total. The summed E-state index contributed by atoms with van der Waals surface area (Å²) < 4.78 is 49.2. The molecule has 5 rings (SSSR count). The lowest BCUT2D eigenvalue weighted by Crippen LogP contribution is -2.52. The van der Waals surface area contributed by atoms with E-state index in [4.69, 9.17) is 4.74 Å². The van der Waals surface area contributed by atoms with Crippen LogP contribution in [0.1, 0.15) is 41.0 Å². The van der Waals surface area contributed by atoms with Crippen molar-refractivity contribution in [2.75, 3.05) is 6.54 Å². The Morgan fingerprint density at radius 2 is 1.85 bits per heavy atom. The zero-order chi connectivity index (χ0) is 24.0. The second-order valence-electron chi connectivity index (χ2n) is 8.63. The molecule has 2 aliphatic rings. The van der Waals surface area contributed by atoms with Crippen molar-refractivity contribution in [2.45, 2.75) is 51.1 Å². The van der Waals surface area contributed by atoms with Gasteiger partial charge >= 0.3 is 6.18 Å².